The van der Waals surface area contributed by atoms with Gasteiger partial charge in [0.15, 0.2) is 5.65 Å². The number of nitrogens with zero attached hydrogens (tertiary/aromatic N) is 4. The highest BCUT2D eigenvalue weighted by molar-refractivity contribution is 6.06. The number of rotatable bonds is 5. The molecule has 1 unspecified atom stereocenters. The van der Waals surface area contributed by atoms with Gasteiger partial charge in [-0.25, -0.2) is 9.67 Å². The first-order chi connectivity index (χ1) is 14.9. The maximum Gasteiger partial charge on any atom is 0.254 e. The Balaban J connectivity index is 1.86. The van der Waals surface area contributed by atoms with Crippen molar-refractivity contribution in [2.45, 2.75) is 39.8 Å². The molecule has 0 bridgehead atoms. The fraction of sp³-hybridized carbons (Fsp3) is 0.269. The van der Waals surface area contributed by atoms with E-state index in [0.29, 0.717) is 5.56 Å². The number of benzene rings is 2. The number of carbonyl (C=O) groups is 1. The fourth-order valence-electron chi connectivity index (χ4n) is 3.89. The maximum absolute atomic E-state index is 13.7. The summed E-state index contributed by atoms with van der Waals surface area (Å²) < 4.78 is 1.88. The first kappa shape index (κ1) is 20.8. The van der Waals surface area contributed by atoms with Crippen molar-refractivity contribution in [2.24, 2.45) is 0 Å². The Bertz CT molecular complexity index is 1230. The molecule has 0 aliphatic carbocycles. The van der Waals surface area contributed by atoms with Crippen molar-refractivity contribution in [3.05, 3.63) is 83.6 Å². The summed E-state index contributed by atoms with van der Waals surface area (Å²) in [5.74, 6) is -0.0399. The molecular weight excluding hydrogens is 384 g/mol. The number of aryl methyl sites for hydroxylation is 1. The lowest BCUT2D eigenvalue weighted by atomic mass is 10.0. The van der Waals surface area contributed by atoms with Crippen molar-refractivity contribution < 1.29 is 4.79 Å². The molecule has 1 amide bonds. The molecule has 5 nitrogen and oxygen atoms in total. The molecule has 2 heterocycles. The standard InChI is InChI=1S/C26H28N4O/c1-17(2)30-25-23(16-27-30)22(15-24(28-25)21-14-10-9-11-18(21)3)26(31)29(5)19(4)20-12-7-6-8-13-20/h6-17,19H,1-5H3. The van der Waals surface area contributed by atoms with Crippen molar-refractivity contribution >= 4 is 16.9 Å². The lowest BCUT2D eigenvalue weighted by molar-refractivity contribution is 0.0744. The van der Waals surface area contributed by atoms with Crippen LogP contribution in [0.3, 0.4) is 0 Å². The lowest BCUT2D eigenvalue weighted by Gasteiger charge is -2.26. The minimum absolute atomic E-state index is 0.0399. The summed E-state index contributed by atoms with van der Waals surface area (Å²) in [6.07, 6.45) is 1.76. The van der Waals surface area contributed by atoms with Gasteiger partial charge in [-0.15, -0.1) is 0 Å². The van der Waals surface area contributed by atoms with E-state index in [4.69, 9.17) is 4.98 Å². The van der Waals surface area contributed by atoms with Gasteiger partial charge in [0.1, 0.15) is 0 Å². The van der Waals surface area contributed by atoms with Crippen LogP contribution in [0.1, 0.15) is 54.3 Å². The van der Waals surface area contributed by atoms with Gasteiger partial charge >= 0.3 is 0 Å². The Morgan fingerprint density at radius 1 is 1.00 bits per heavy atom. The fourth-order valence-corrected chi connectivity index (χ4v) is 3.89. The predicted octanol–water partition coefficient (Wildman–Crippen LogP) is 5.82. The molecule has 0 aliphatic rings. The molecule has 2 aromatic carbocycles. The zero-order chi connectivity index (χ0) is 22.1. The molecule has 31 heavy (non-hydrogen) atoms. The number of aromatic nitrogens is 3. The van der Waals surface area contributed by atoms with E-state index in [2.05, 4.69) is 31.9 Å². The average Bonchev–Trinajstić information content (AvgIpc) is 3.22. The summed E-state index contributed by atoms with van der Waals surface area (Å²) in [6.45, 7) is 8.25. The molecule has 4 rings (SSSR count). The first-order valence-corrected chi connectivity index (χ1v) is 10.6. The second-order valence-electron chi connectivity index (χ2n) is 8.29. The van der Waals surface area contributed by atoms with Crippen molar-refractivity contribution in [2.75, 3.05) is 7.05 Å². The third-order valence-electron chi connectivity index (χ3n) is 5.89. The van der Waals surface area contributed by atoms with Crippen LogP contribution < -0.4 is 0 Å². The van der Waals surface area contributed by atoms with E-state index in [1.165, 1.54) is 0 Å². The van der Waals surface area contributed by atoms with E-state index in [1.807, 2.05) is 73.3 Å². The number of amides is 1. The van der Waals surface area contributed by atoms with Gasteiger partial charge in [-0.1, -0.05) is 54.6 Å². The van der Waals surface area contributed by atoms with Gasteiger partial charge in [0.25, 0.3) is 5.91 Å². The Morgan fingerprint density at radius 3 is 2.35 bits per heavy atom. The highest BCUT2D eigenvalue weighted by atomic mass is 16.2. The van der Waals surface area contributed by atoms with Gasteiger partial charge < -0.3 is 4.90 Å². The molecule has 0 N–H and O–H groups in total. The normalized spacial score (nSPS) is 12.3. The quantitative estimate of drug-likeness (QED) is 0.415. The molecular formula is C26H28N4O. The molecule has 0 aliphatic heterocycles. The van der Waals surface area contributed by atoms with Gasteiger partial charge in [-0.3, -0.25) is 4.79 Å². The summed E-state index contributed by atoms with van der Waals surface area (Å²) in [7, 11) is 1.85. The minimum atomic E-state index is -0.0565. The van der Waals surface area contributed by atoms with E-state index >= 15 is 0 Å². The molecule has 0 fully saturated rings. The van der Waals surface area contributed by atoms with Crippen LogP contribution in [0, 0.1) is 6.92 Å². The monoisotopic (exact) mass is 412 g/mol. The highest BCUT2D eigenvalue weighted by Gasteiger charge is 2.24. The molecule has 0 radical (unpaired) electrons. The number of hydrogen-bond donors (Lipinski definition) is 0. The molecule has 0 saturated heterocycles. The van der Waals surface area contributed by atoms with Crippen molar-refractivity contribution in [3.8, 4) is 11.3 Å². The molecule has 5 heteroatoms. The Morgan fingerprint density at radius 2 is 1.68 bits per heavy atom. The van der Waals surface area contributed by atoms with Crippen LogP contribution in [0.2, 0.25) is 0 Å². The molecule has 2 aromatic heterocycles. The second kappa shape index (κ2) is 8.34. The number of carbonyl (C=O) groups excluding carboxylic acids is 1. The highest BCUT2D eigenvalue weighted by Crippen LogP contribution is 2.30. The van der Waals surface area contributed by atoms with Gasteiger partial charge in [0.2, 0.25) is 0 Å². The summed E-state index contributed by atoms with van der Waals surface area (Å²) in [6, 6.07) is 20.2. The molecule has 0 spiro atoms. The Hall–Kier alpha value is -3.47. The predicted molar refractivity (Wildman–Crippen MR) is 125 cm³/mol. The largest absolute Gasteiger partial charge is 0.335 e. The van der Waals surface area contributed by atoms with E-state index in [0.717, 1.165) is 33.4 Å². The van der Waals surface area contributed by atoms with E-state index in [1.54, 1.807) is 11.1 Å². The second-order valence-corrected chi connectivity index (χ2v) is 8.29. The summed E-state index contributed by atoms with van der Waals surface area (Å²) in [5.41, 5.74) is 5.39. The molecule has 0 saturated carbocycles. The van der Waals surface area contributed by atoms with Crippen LogP contribution in [0.15, 0.2) is 66.9 Å². The van der Waals surface area contributed by atoms with Gasteiger partial charge in [0.05, 0.1) is 28.9 Å². The van der Waals surface area contributed by atoms with Crippen molar-refractivity contribution in [3.63, 3.8) is 0 Å². The van der Waals surface area contributed by atoms with Crippen molar-refractivity contribution in [1.29, 1.82) is 0 Å². The number of fused-ring (bicyclic) bond motifs is 1. The van der Waals surface area contributed by atoms with Crippen molar-refractivity contribution in [1.82, 2.24) is 19.7 Å². The SMILES string of the molecule is Cc1ccccc1-c1cc(C(=O)N(C)C(C)c2ccccc2)c2cnn(C(C)C)c2n1. The van der Waals surface area contributed by atoms with E-state index in [-0.39, 0.29) is 18.0 Å². The zero-order valence-corrected chi connectivity index (χ0v) is 18.7. The minimum Gasteiger partial charge on any atom is -0.335 e. The number of hydrogen-bond acceptors (Lipinski definition) is 3. The third-order valence-corrected chi connectivity index (χ3v) is 5.89. The van der Waals surface area contributed by atoms with Crippen LogP contribution >= 0.6 is 0 Å². The average molecular weight is 413 g/mol. The molecule has 4 aromatic rings. The van der Waals surface area contributed by atoms with Crippen LogP contribution in [0.4, 0.5) is 0 Å². The topological polar surface area (TPSA) is 51.0 Å². The van der Waals surface area contributed by atoms with Gasteiger partial charge in [-0.2, -0.15) is 5.10 Å². The van der Waals surface area contributed by atoms with E-state index in [9.17, 15) is 4.79 Å². The van der Waals surface area contributed by atoms with Crippen LogP contribution in [-0.4, -0.2) is 32.6 Å². The maximum atomic E-state index is 13.7. The molecule has 158 valence electrons. The van der Waals surface area contributed by atoms with Gasteiger partial charge in [-0.05, 0) is 44.9 Å². The Kier molecular flexibility index (Phi) is 5.59. The van der Waals surface area contributed by atoms with Crippen LogP contribution in [0.25, 0.3) is 22.3 Å². The lowest BCUT2D eigenvalue weighted by Crippen LogP contribution is -2.30. The van der Waals surface area contributed by atoms with E-state index < -0.39 is 0 Å². The van der Waals surface area contributed by atoms with Crippen LogP contribution in [-0.2, 0) is 0 Å². The smallest absolute Gasteiger partial charge is 0.254 e. The summed E-state index contributed by atoms with van der Waals surface area (Å²) in [5, 5.41) is 5.32. The summed E-state index contributed by atoms with van der Waals surface area (Å²) in [4.78, 5) is 20.4. The third kappa shape index (κ3) is 3.83. The first-order valence-electron chi connectivity index (χ1n) is 10.6. The summed E-state index contributed by atoms with van der Waals surface area (Å²) >= 11 is 0. The van der Waals surface area contributed by atoms with Gasteiger partial charge in [0, 0.05) is 18.7 Å². The Labute approximate surface area is 183 Å². The number of pyridine rings is 1. The zero-order valence-electron chi connectivity index (χ0n) is 18.7. The van der Waals surface area contributed by atoms with Crippen LogP contribution in [0.5, 0.6) is 0 Å². The molecule has 1 atom stereocenters.